The summed E-state index contributed by atoms with van der Waals surface area (Å²) in [5, 5.41) is 6.15. The van der Waals surface area contributed by atoms with Crippen LogP contribution in [0.3, 0.4) is 0 Å². The fourth-order valence-electron chi connectivity index (χ4n) is 2.26. The Morgan fingerprint density at radius 1 is 1.67 bits per heavy atom. The third-order valence-corrected chi connectivity index (χ3v) is 3.15. The topological polar surface area (TPSA) is 57.3 Å². The number of carbonyl (C=O) groups is 1. The number of aryl methyl sites for hydroxylation is 1. The molecule has 1 aliphatic heterocycles. The van der Waals surface area contributed by atoms with Crippen molar-refractivity contribution in [2.75, 3.05) is 31.1 Å². The molecule has 0 radical (unpaired) electrons. The van der Waals surface area contributed by atoms with Gasteiger partial charge in [0.2, 0.25) is 5.91 Å². The second kappa shape index (κ2) is 5.82. The van der Waals surface area contributed by atoms with Crippen LogP contribution in [-0.4, -0.2) is 43.1 Å². The monoisotopic (exact) mass is 248 g/mol. The largest absolute Gasteiger partial charge is 0.355 e. The van der Waals surface area contributed by atoms with Gasteiger partial charge in [-0.1, -0.05) is 6.07 Å². The summed E-state index contributed by atoms with van der Waals surface area (Å²) in [6.07, 6.45) is 1.78. The number of anilines is 1. The van der Waals surface area contributed by atoms with Gasteiger partial charge in [0.05, 0.1) is 0 Å². The first kappa shape index (κ1) is 12.8. The molecular weight excluding hydrogens is 228 g/mol. The maximum atomic E-state index is 12.1. The van der Waals surface area contributed by atoms with Gasteiger partial charge in [-0.2, -0.15) is 0 Å². The highest BCUT2D eigenvalue weighted by Gasteiger charge is 2.29. The van der Waals surface area contributed by atoms with Crippen LogP contribution < -0.4 is 15.5 Å². The van der Waals surface area contributed by atoms with Crippen molar-refractivity contribution < 1.29 is 4.79 Å². The van der Waals surface area contributed by atoms with Crippen LogP contribution in [0.2, 0.25) is 0 Å². The minimum absolute atomic E-state index is 0.0646. The number of nitrogens with one attached hydrogen (secondary N) is 2. The van der Waals surface area contributed by atoms with E-state index in [1.165, 1.54) is 0 Å². The van der Waals surface area contributed by atoms with Crippen molar-refractivity contribution in [3.63, 3.8) is 0 Å². The number of piperazine rings is 1. The summed E-state index contributed by atoms with van der Waals surface area (Å²) in [7, 11) is 0. The number of amides is 1. The van der Waals surface area contributed by atoms with Gasteiger partial charge in [-0.05, 0) is 25.5 Å². The van der Waals surface area contributed by atoms with Gasteiger partial charge in [-0.25, -0.2) is 4.98 Å². The summed E-state index contributed by atoms with van der Waals surface area (Å²) < 4.78 is 0. The number of pyridine rings is 1. The molecule has 18 heavy (non-hydrogen) atoms. The van der Waals surface area contributed by atoms with E-state index in [0.29, 0.717) is 13.1 Å². The molecular formula is C13H20N4O. The lowest BCUT2D eigenvalue weighted by Gasteiger charge is -2.36. The molecule has 0 aromatic carbocycles. The van der Waals surface area contributed by atoms with Crippen LogP contribution >= 0.6 is 0 Å². The van der Waals surface area contributed by atoms with Gasteiger partial charge >= 0.3 is 0 Å². The van der Waals surface area contributed by atoms with E-state index in [0.717, 1.165) is 24.5 Å². The van der Waals surface area contributed by atoms with E-state index in [2.05, 4.69) is 20.5 Å². The maximum Gasteiger partial charge on any atom is 0.244 e. The Labute approximate surface area is 108 Å². The molecule has 1 aromatic heterocycles. The number of hydrogen-bond donors (Lipinski definition) is 2. The van der Waals surface area contributed by atoms with E-state index in [1.807, 2.05) is 26.0 Å². The minimum Gasteiger partial charge on any atom is -0.355 e. The third-order valence-electron chi connectivity index (χ3n) is 3.15. The van der Waals surface area contributed by atoms with Gasteiger partial charge in [0.1, 0.15) is 11.9 Å². The molecule has 2 heterocycles. The molecule has 5 heteroatoms. The second-order valence-corrected chi connectivity index (χ2v) is 4.45. The molecule has 1 unspecified atom stereocenters. The quantitative estimate of drug-likeness (QED) is 0.808. The lowest BCUT2D eigenvalue weighted by Crippen LogP contribution is -2.58. The van der Waals surface area contributed by atoms with Crippen LogP contribution in [0.15, 0.2) is 18.3 Å². The standard InChI is InChI=1S/C13H20N4O/c1-3-15-13(18)11-9-14-7-8-17(11)12-10(2)5-4-6-16-12/h4-6,11,14H,3,7-9H2,1-2H3,(H,15,18). The molecule has 1 saturated heterocycles. The Morgan fingerprint density at radius 3 is 3.22 bits per heavy atom. The number of carbonyl (C=O) groups excluding carboxylic acids is 1. The van der Waals surface area contributed by atoms with Crippen LogP contribution in [0.5, 0.6) is 0 Å². The highest BCUT2D eigenvalue weighted by Crippen LogP contribution is 2.19. The molecule has 0 bridgehead atoms. The summed E-state index contributed by atoms with van der Waals surface area (Å²) in [5.41, 5.74) is 1.11. The van der Waals surface area contributed by atoms with Crippen LogP contribution in [0, 0.1) is 6.92 Å². The van der Waals surface area contributed by atoms with E-state index in [4.69, 9.17) is 0 Å². The van der Waals surface area contributed by atoms with Gasteiger partial charge in [0, 0.05) is 32.4 Å². The molecule has 1 fully saturated rings. The number of nitrogens with zero attached hydrogens (tertiary/aromatic N) is 2. The van der Waals surface area contributed by atoms with E-state index in [9.17, 15) is 4.79 Å². The Bertz CT molecular complexity index is 421. The van der Waals surface area contributed by atoms with Crippen molar-refractivity contribution in [3.05, 3.63) is 23.9 Å². The molecule has 1 aliphatic rings. The first-order valence-corrected chi connectivity index (χ1v) is 6.40. The fraction of sp³-hybridized carbons (Fsp3) is 0.538. The van der Waals surface area contributed by atoms with Crippen LogP contribution in [-0.2, 0) is 4.79 Å². The number of aromatic nitrogens is 1. The first-order chi connectivity index (χ1) is 8.74. The molecule has 2 rings (SSSR count). The predicted octanol–water partition coefficient (Wildman–Crippen LogP) is 0.304. The summed E-state index contributed by atoms with van der Waals surface area (Å²) in [4.78, 5) is 18.6. The molecule has 0 aliphatic carbocycles. The van der Waals surface area contributed by atoms with E-state index < -0.39 is 0 Å². The third kappa shape index (κ3) is 2.61. The SMILES string of the molecule is CCNC(=O)C1CNCCN1c1ncccc1C. The Balaban J connectivity index is 2.23. The molecule has 1 amide bonds. The fourth-order valence-corrected chi connectivity index (χ4v) is 2.26. The summed E-state index contributed by atoms with van der Waals surface area (Å²) >= 11 is 0. The summed E-state index contributed by atoms with van der Waals surface area (Å²) in [6, 6.07) is 3.77. The average molecular weight is 248 g/mol. The zero-order valence-corrected chi connectivity index (χ0v) is 10.9. The van der Waals surface area contributed by atoms with Crippen LogP contribution in [0.1, 0.15) is 12.5 Å². The first-order valence-electron chi connectivity index (χ1n) is 6.40. The molecule has 98 valence electrons. The van der Waals surface area contributed by atoms with Gasteiger partial charge in [-0.15, -0.1) is 0 Å². The average Bonchev–Trinajstić information content (AvgIpc) is 2.40. The maximum absolute atomic E-state index is 12.1. The van der Waals surface area contributed by atoms with Crippen molar-refractivity contribution in [2.45, 2.75) is 19.9 Å². The van der Waals surface area contributed by atoms with Crippen LogP contribution in [0.4, 0.5) is 5.82 Å². The van der Waals surface area contributed by atoms with Crippen LogP contribution in [0.25, 0.3) is 0 Å². The van der Waals surface area contributed by atoms with Gasteiger partial charge in [0.25, 0.3) is 0 Å². The summed E-state index contributed by atoms with van der Waals surface area (Å²) in [6.45, 7) is 6.97. The smallest absolute Gasteiger partial charge is 0.244 e. The second-order valence-electron chi connectivity index (χ2n) is 4.45. The van der Waals surface area contributed by atoms with E-state index in [-0.39, 0.29) is 11.9 Å². The molecule has 5 nitrogen and oxygen atoms in total. The highest BCUT2D eigenvalue weighted by atomic mass is 16.2. The van der Waals surface area contributed by atoms with Crippen molar-refractivity contribution in [3.8, 4) is 0 Å². The van der Waals surface area contributed by atoms with Gasteiger partial charge < -0.3 is 15.5 Å². The lowest BCUT2D eigenvalue weighted by atomic mass is 10.1. The van der Waals surface area contributed by atoms with Crippen molar-refractivity contribution in [1.29, 1.82) is 0 Å². The zero-order chi connectivity index (χ0) is 13.0. The lowest BCUT2D eigenvalue weighted by molar-refractivity contribution is -0.122. The zero-order valence-electron chi connectivity index (χ0n) is 10.9. The highest BCUT2D eigenvalue weighted by molar-refractivity contribution is 5.85. The Kier molecular flexibility index (Phi) is 4.15. The number of rotatable bonds is 3. The normalized spacial score (nSPS) is 19.7. The number of likely N-dealkylation sites (N-methyl/N-ethyl adjacent to an activating group) is 1. The predicted molar refractivity (Wildman–Crippen MR) is 71.7 cm³/mol. The van der Waals surface area contributed by atoms with Crippen molar-refractivity contribution in [1.82, 2.24) is 15.6 Å². The molecule has 0 saturated carbocycles. The Hall–Kier alpha value is -1.62. The summed E-state index contributed by atoms with van der Waals surface area (Å²) in [5.74, 6) is 0.977. The van der Waals surface area contributed by atoms with E-state index in [1.54, 1.807) is 6.20 Å². The molecule has 2 N–H and O–H groups in total. The molecule has 0 spiro atoms. The van der Waals surface area contributed by atoms with E-state index >= 15 is 0 Å². The Morgan fingerprint density at radius 2 is 2.50 bits per heavy atom. The van der Waals surface area contributed by atoms with Crippen molar-refractivity contribution >= 4 is 11.7 Å². The van der Waals surface area contributed by atoms with Gasteiger partial charge in [-0.3, -0.25) is 4.79 Å². The molecule has 1 atom stereocenters. The molecule has 1 aromatic rings. The van der Waals surface area contributed by atoms with Gasteiger partial charge in [0.15, 0.2) is 0 Å². The number of hydrogen-bond acceptors (Lipinski definition) is 4. The minimum atomic E-state index is -0.174. The van der Waals surface area contributed by atoms with Crippen molar-refractivity contribution in [2.24, 2.45) is 0 Å².